The summed E-state index contributed by atoms with van der Waals surface area (Å²) in [5, 5.41) is 24.2. The van der Waals surface area contributed by atoms with Crippen LogP contribution < -0.4 is 10.6 Å². The van der Waals surface area contributed by atoms with Crippen LogP contribution in [0.3, 0.4) is 0 Å². The maximum Gasteiger partial charge on any atom is 0.416 e. The third-order valence-electron chi connectivity index (χ3n) is 7.82. The lowest BCUT2D eigenvalue weighted by Gasteiger charge is -2.38. The summed E-state index contributed by atoms with van der Waals surface area (Å²) in [7, 11) is 0. The lowest BCUT2D eigenvalue weighted by molar-refractivity contribution is -0.155. The first-order valence-electron chi connectivity index (χ1n) is 12.0. The van der Waals surface area contributed by atoms with Crippen molar-refractivity contribution in [2.45, 2.75) is 52.3 Å². The number of benzene rings is 2. The smallest absolute Gasteiger partial charge is 0.416 e. The van der Waals surface area contributed by atoms with E-state index in [0.717, 1.165) is 12.1 Å². The Morgan fingerprint density at radius 3 is 2.18 bits per heavy atom. The summed E-state index contributed by atoms with van der Waals surface area (Å²) in [5.74, 6) is -4.39. The van der Waals surface area contributed by atoms with Gasteiger partial charge in [0, 0.05) is 18.0 Å². The summed E-state index contributed by atoms with van der Waals surface area (Å²) < 4.78 is 39.0. The lowest BCUT2D eigenvalue weighted by Crippen LogP contribution is -2.49. The molecule has 39 heavy (non-hydrogen) atoms. The van der Waals surface area contributed by atoms with Gasteiger partial charge in [-0.2, -0.15) is 13.2 Å². The van der Waals surface area contributed by atoms with Crippen molar-refractivity contribution in [1.82, 2.24) is 5.32 Å². The van der Waals surface area contributed by atoms with Gasteiger partial charge in [0.25, 0.3) is 5.91 Å². The highest BCUT2D eigenvalue weighted by Crippen LogP contribution is 2.56. The van der Waals surface area contributed by atoms with Crippen molar-refractivity contribution in [2.75, 3.05) is 5.32 Å². The van der Waals surface area contributed by atoms with Crippen molar-refractivity contribution < 1.29 is 42.6 Å². The Morgan fingerprint density at radius 2 is 1.67 bits per heavy atom. The zero-order valence-corrected chi connectivity index (χ0v) is 22.1. The van der Waals surface area contributed by atoms with Crippen LogP contribution in [0, 0.1) is 16.7 Å². The number of carbonyl (C=O) groups excluding carboxylic acids is 2. The molecule has 4 N–H and O–H groups in total. The maximum absolute atomic E-state index is 13.0. The topological polar surface area (TPSA) is 133 Å². The van der Waals surface area contributed by atoms with Crippen LogP contribution in [0.2, 0.25) is 5.02 Å². The molecular formula is C27H28ClF3N2O6. The summed E-state index contributed by atoms with van der Waals surface area (Å²) in [6.07, 6.45) is -4.17. The number of carboxylic acid groups (broad SMARTS) is 2. The highest BCUT2D eigenvalue weighted by molar-refractivity contribution is 6.34. The predicted octanol–water partition coefficient (Wildman–Crippen LogP) is 5.25. The van der Waals surface area contributed by atoms with Gasteiger partial charge in [0.05, 0.1) is 21.6 Å². The molecule has 8 nitrogen and oxygen atoms in total. The first kappa shape index (κ1) is 29.9. The van der Waals surface area contributed by atoms with Gasteiger partial charge in [-0.1, -0.05) is 37.6 Å². The van der Waals surface area contributed by atoms with Crippen molar-refractivity contribution in [3.63, 3.8) is 0 Å². The molecule has 0 radical (unpaired) electrons. The van der Waals surface area contributed by atoms with Gasteiger partial charge < -0.3 is 20.8 Å². The predicted molar refractivity (Wildman–Crippen MR) is 136 cm³/mol. The molecule has 1 aliphatic carbocycles. The minimum atomic E-state index is -4.65. The Hall–Kier alpha value is -3.60. The highest BCUT2D eigenvalue weighted by atomic mass is 35.5. The summed E-state index contributed by atoms with van der Waals surface area (Å²) in [4.78, 5) is 49.2. The quantitative estimate of drug-likeness (QED) is 0.344. The molecule has 210 valence electrons. The second kappa shape index (κ2) is 10.9. The summed E-state index contributed by atoms with van der Waals surface area (Å²) in [6.45, 7) is 4.96. The molecule has 1 fully saturated rings. The van der Waals surface area contributed by atoms with E-state index in [1.54, 1.807) is 20.8 Å². The first-order chi connectivity index (χ1) is 18.0. The molecular weight excluding hydrogens is 541 g/mol. The summed E-state index contributed by atoms with van der Waals surface area (Å²) in [5.41, 5.74) is -2.70. The highest BCUT2D eigenvalue weighted by Gasteiger charge is 2.58. The molecule has 2 unspecified atom stereocenters. The Labute approximate surface area is 227 Å². The zero-order valence-electron chi connectivity index (χ0n) is 21.4. The molecule has 0 spiro atoms. The number of alkyl halides is 3. The number of hydrogen-bond donors (Lipinski definition) is 4. The van der Waals surface area contributed by atoms with Crippen LogP contribution in [0.1, 0.15) is 55.1 Å². The van der Waals surface area contributed by atoms with Crippen LogP contribution in [0.15, 0.2) is 42.5 Å². The summed E-state index contributed by atoms with van der Waals surface area (Å²) in [6, 6.07) is 6.99. The minimum absolute atomic E-state index is 0.0991. The largest absolute Gasteiger partial charge is 0.481 e. The van der Waals surface area contributed by atoms with Gasteiger partial charge in [0.15, 0.2) is 0 Å². The van der Waals surface area contributed by atoms with E-state index in [1.807, 2.05) is 0 Å². The molecule has 3 rings (SSSR count). The fourth-order valence-corrected chi connectivity index (χ4v) is 5.05. The van der Waals surface area contributed by atoms with Crippen LogP contribution in [0.4, 0.5) is 18.9 Å². The fourth-order valence-electron chi connectivity index (χ4n) is 4.85. The van der Waals surface area contributed by atoms with E-state index < -0.39 is 58.3 Å². The average Bonchev–Trinajstić information content (AvgIpc) is 3.08. The normalized spacial score (nSPS) is 21.2. The van der Waals surface area contributed by atoms with E-state index in [4.69, 9.17) is 11.6 Å². The second-order valence-electron chi connectivity index (χ2n) is 10.4. The molecule has 1 saturated carbocycles. The van der Waals surface area contributed by atoms with Crippen molar-refractivity contribution >= 4 is 41.0 Å². The fraction of sp³-hybridized carbons (Fsp3) is 0.407. The Kier molecular flexibility index (Phi) is 8.35. The van der Waals surface area contributed by atoms with Gasteiger partial charge in [-0.15, -0.1) is 0 Å². The first-order valence-corrected chi connectivity index (χ1v) is 12.4. The standard InChI is InChI=1S/C27H28ClF3N2O6/c1-25(2)18(10-11-26(25,3)24(38)39)22(35)33-20(23(36)37)12-14-4-7-16(8-5-14)32-21(34)17-13-15(27(29,30)31)6-9-19(17)28/h4-9,13,18,20H,10-12H2,1-3H3,(H,32,34)(H,33,35)(H,36,37)(H,38,39)/t18?,20-,26?/m0/s1. The van der Waals surface area contributed by atoms with Crippen molar-refractivity contribution in [3.05, 3.63) is 64.2 Å². The molecule has 0 saturated heterocycles. The zero-order chi connectivity index (χ0) is 29.3. The average molecular weight is 569 g/mol. The molecule has 0 bridgehead atoms. The van der Waals surface area contributed by atoms with Crippen molar-refractivity contribution in [3.8, 4) is 0 Å². The third kappa shape index (κ3) is 6.19. The number of halogens is 4. The number of rotatable bonds is 8. The molecule has 2 amide bonds. The number of carbonyl (C=O) groups is 4. The molecule has 0 heterocycles. The van der Waals surface area contributed by atoms with E-state index in [-0.39, 0.29) is 29.1 Å². The maximum atomic E-state index is 13.0. The molecule has 0 aromatic heterocycles. The van der Waals surface area contributed by atoms with E-state index in [0.29, 0.717) is 18.1 Å². The molecule has 0 aliphatic heterocycles. The van der Waals surface area contributed by atoms with Crippen LogP contribution >= 0.6 is 11.6 Å². The van der Waals surface area contributed by atoms with Crippen LogP contribution in [0.5, 0.6) is 0 Å². The SMILES string of the molecule is CC1(C(=O)O)CCC(C(=O)N[C@@H](Cc2ccc(NC(=O)c3cc(C(F)(F)F)ccc3Cl)cc2)C(=O)O)C1(C)C. The number of hydrogen-bond acceptors (Lipinski definition) is 4. The van der Waals surface area contributed by atoms with Crippen molar-refractivity contribution in [1.29, 1.82) is 0 Å². The molecule has 12 heteroatoms. The van der Waals surface area contributed by atoms with Crippen LogP contribution in [-0.4, -0.2) is 40.0 Å². The number of anilines is 1. The van der Waals surface area contributed by atoms with Gasteiger partial charge in [-0.3, -0.25) is 14.4 Å². The second-order valence-corrected chi connectivity index (χ2v) is 10.8. The van der Waals surface area contributed by atoms with Crippen LogP contribution in [-0.2, 0) is 27.0 Å². The number of aliphatic carboxylic acids is 2. The molecule has 2 aromatic rings. The Bertz CT molecular complexity index is 1300. The molecule has 2 aromatic carbocycles. The van der Waals surface area contributed by atoms with Gasteiger partial charge in [0.2, 0.25) is 5.91 Å². The van der Waals surface area contributed by atoms with Gasteiger partial charge >= 0.3 is 18.1 Å². The summed E-state index contributed by atoms with van der Waals surface area (Å²) >= 11 is 5.91. The van der Waals surface area contributed by atoms with E-state index in [2.05, 4.69) is 10.6 Å². The number of nitrogens with one attached hydrogen (secondary N) is 2. The third-order valence-corrected chi connectivity index (χ3v) is 8.15. The van der Waals surface area contributed by atoms with E-state index in [9.17, 15) is 42.6 Å². The molecule has 3 atom stereocenters. The van der Waals surface area contributed by atoms with Crippen LogP contribution in [0.25, 0.3) is 0 Å². The minimum Gasteiger partial charge on any atom is -0.481 e. The Balaban J connectivity index is 1.69. The Morgan fingerprint density at radius 1 is 1.05 bits per heavy atom. The van der Waals surface area contributed by atoms with Gasteiger partial charge in [0.1, 0.15) is 6.04 Å². The number of amides is 2. The van der Waals surface area contributed by atoms with E-state index in [1.165, 1.54) is 24.3 Å². The monoisotopic (exact) mass is 568 g/mol. The number of carboxylic acids is 2. The van der Waals surface area contributed by atoms with Gasteiger partial charge in [-0.05, 0) is 61.1 Å². The van der Waals surface area contributed by atoms with Crippen molar-refractivity contribution in [2.24, 2.45) is 16.7 Å². The van der Waals surface area contributed by atoms with E-state index >= 15 is 0 Å². The lowest BCUT2D eigenvalue weighted by atomic mass is 9.65. The molecule has 1 aliphatic rings. The van der Waals surface area contributed by atoms with Gasteiger partial charge in [-0.25, -0.2) is 4.79 Å².